The van der Waals surface area contributed by atoms with E-state index in [2.05, 4.69) is 43.5 Å². The van der Waals surface area contributed by atoms with E-state index >= 15 is 0 Å². The van der Waals surface area contributed by atoms with Crippen LogP contribution in [0.1, 0.15) is 264 Å². The van der Waals surface area contributed by atoms with Gasteiger partial charge < -0.3 is 50.5 Å². The number of ether oxygens (including phenoxy) is 2. The van der Waals surface area contributed by atoms with Gasteiger partial charge in [0.15, 0.2) is 6.29 Å². The Hall–Kier alpha value is -1.41. The van der Waals surface area contributed by atoms with Crippen LogP contribution in [0.25, 0.3) is 0 Å². The largest absolute Gasteiger partial charge is 0.394 e. The third-order valence-electron chi connectivity index (χ3n) is 14.0. The second-order valence-corrected chi connectivity index (χ2v) is 20.4. The highest BCUT2D eigenvalue weighted by Gasteiger charge is 2.44. The van der Waals surface area contributed by atoms with Crippen molar-refractivity contribution in [3.8, 4) is 0 Å². The molecule has 1 aliphatic heterocycles. The molecule has 68 heavy (non-hydrogen) atoms. The molecule has 0 saturated carbocycles. The summed E-state index contributed by atoms with van der Waals surface area (Å²) in [5.41, 5.74) is 0. The molecular weight excluding hydrogens is 859 g/mol. The molecule has 9 unspecified atom stereocenters. The fourth-order valence-electron chi connectivity index (χ4n) is 9.25. The van der Waals surface area contributed by atoms with Gasteiger partial charge in [-0.15, -0.1) is 0 Å². The Morgan fingerprint density at radius 2 is 0.882 bits per heavy atom. The van der Waals surface area contributed by atoms with E-state index in [-0.39, 0.29) is 12.8 Å². The van der Waals surface area contributed by atoms with Gasteiger partial charge in [0.2, 0.25) is 5.91 Å². The van der Waals surface area contributed by atoms with E-state index < -0.39 is 74.2 Å². The zero-order valence-electron chi connectivity index (χ0n) is 43.9. The van der Waals surface area contributed by atoms with Gasteiger partial charge in [-0.25, -0.2) is 0 Å². The summed E-state index contributed by atoms with van der Waals surface area (Å²) >= 11 is 0. The average molecular weight is 968 g/mol. The van der Waals surface area contributed by atoms with Gasteiger partial charge in [0.25, 0.3) is 0 Å². The van der Waals surface area contributed by atoms with Crippen molar-refractivity contribution in [2.45, 2.75) is 319 Å². The van der Waals surface area contributed by atoms with Crippen molar-refractivity contribution in [2.24, 2.45) is 0 Å². The van der Waals surface area contributed by atoms with E-state index in [1.165, 1.54) is 173 Å². The Morgan fingerprint density at radius 3 is 1.31 bits per heavy atom. The molecule has 1 saturated heterocycles. The molecular formula is C57H109NO10. The molecule has 0 spiro atoms. The van der Waals surface area contributed by atoms with Crippen LogP contribution >= 0.6 is 0 Å². The minimum atomic E-state index is -1.67. The summed E-state index contributed by atoms with van der Waals surface area (Å²) in [5, 5.41) is 75.8. The predicted octanol–water partition coefficient (Wildman–Crippen LogP) is 11.7. The predicted molar refractivity (Wildman–Crippen MR) is 279 cm³/mol. The van der Waals surface area contributed by atoms with Gasteiger partial charge in [0, 0.05) is 0 Å². The highest BCUT2D eigenvalue weighted by Crippen LogP contribution is 2.23. The molecule has 0 radical (unpaired) electrons. The third-order valence-corrected chi connectivity index (χ3v) is 14.0. The molecule has 0 aromatic carbocycles. The summed E-state index contributed by atoms with van der Waals surface area (Å²) in [7, 11) is 0. The van der Waals surface area contributed by atoms with E-state index in [1.54, 1.807) is 0 Å². The van der Waals surface area contributed by atoms with Crippen LogP contribution in [-0.2, 0) is 14.3 Å². The molecule has 1 aliphatic rings. The smallest absolute Gasteiger partial charge is 0.249 e. The first-order valence-electron chi connectivity index (χ1n) is 28.7. The van der Waals surface area contributed by atoms with Crippen molar-refractivity contribution < 1.29 is 50.0 Å². The number of nitrogens with one attached hydrogen (secondary N) is 1. The monoisotopic (exact) mass is 968 g/mol. The van der Waals surface area contributed by atoms with Crippen LogP contribution in [0.15, 0.2) is 24.3 Å². The fraction of sp³-hybridized carbons (Fsp3) is 0.912. The van der Waals surface area contributed by atoms with Crippen molar-refractivity contribution in [3.63, 3.8) is 0 Å². The SMILES string of the molecule is CCCC/C=C\CCCCCCC(O)C(=O)NC(COC1OC(CO)C(O)C(O)C1O)C(O)C(O)CCC/C=C/CCCCCCCCCCCCCCCCCCCCCCCCCCCC. The molecule has 11 nitrogen and oxygen atoms in total. The van der Waals surface area contributed by atoms with Gasteiger partial charge in [-0.2, -0.15) is 0 Å². The highest BCUT2D eigenvalue weighted by atomic mass is 16.7. The summed E-state index contributed by atoms with van der Waals surface area (Å²) in [6.45, 7) is 3.39. The first-order chi connectivity index (χ1) is 33.2. The fourth-order valence-corrected chi connectivity index (χ4v) is 9.25. The second-order valence-electron chi connectivity index (χ2n) is 20.4. The maximum absolute atomic E-state index is 13.1. The Bertz CT molecular complexity index is 1160. The lowest BCUT2D eigenvalue weighted by Crippen LogP contribution is -2.60. The van der Waals surface area contributed by atoms with Gasteiger partial charge in [-0.3, -0.25) is 4.79 Å². The zero-order valence-corrected chi connectivity index (χ0v) is 43.9. The molecule has 9 atom stereocenters. The lowest BCUT2D eigenvalue weighted by molar-refractivity contribution is -0.303. The first-order valence-corrected chi connectivity index (χ1v) is 28.7. The Morgan fingerprint density at radius 1 is 0.500 bits per heavy atom. The molecule has 0 aromatic heterocycles. The van der Waals surface area contributed by atoms with Gasteiger partial charge >= 0.3 is 0 Å². The quantitative estimate of drug-likeness (QED) is 0.0215. The minimum Gasteiger partial charge on any atom is -0.394 e. The Balaban J connectivity index is 2.21. The van der Waals surface area contributed by atoms with E-state index in [0.717, 1.165) is 51.4 Å². The number of carbonyl (C=O) groups is 1. The van der Waals surface area contributed by atoms with Crippen molar-refractivity contribution in [1.82, 2.24) is 5.32 Å². The molecule has 0 aromatic rings. The Labute approximate surface area is 416 Å². The van der Waals surface area contributed by atoms with Crippen molar-refractivity contribution in [1.29, 1.82) is 0 Å². The number of aliphatic hydroxyl groups excluding tert-OH is 7. The van der Waals surface area contributed by atoms with Crippen LogP contribution < -0.4 is 5.32 Å². The summed E-state index contributed by atoms with van der Waals surface area (Å²) in [4.78, 5) is 13.1. The van der Waals surface area contributed by atoms with Crippen LogP contribution in [-0.4, -0.2) is 110 Å². The molecule has 0 aliphatic carbocycles. The molecule has 8 N–H and O–H groups in total. The number of carbonyl (C=O) groups excluding carboxylic acids is 1. The molecule has 1 fully saturated rings. The lowest BCUT2D eigenvalue weighted by atomic mass is 9.98. The van der Waals surface area contributed by atoms with Crippen molar-refractivity contribution in [2.75, 3.05) is 13.2 Å². The number of rotatable bonds is 49. The van der Waals surface area contributed by atoms with Crippen LogP contribution in [0.3, 0.4) is 0 Å². The van der Waals surface area contributed by atoms with E-state index in [4.69, 9.17) is 9.47 Å². The molecule has 1 heterocycles. The summed E-state index contributed by atoms with van der Waals surface area (Å²) in [5.74, 6) is -0.716. The van der Waals surface area contributed by atoms with Crippen molar-refractivity contribution in [3.05, 3.63) is 24.3 Å². The molecule has 0 bridgehead atoms. The molecule has 11 heteroatoms. The maximum Gasteiger partial charge on any atom is 0.249 e. The van der Waals surface area contributed by atoms with Crippen molar-refractivity contribution >= 4 is 5.91 Å². The van der Waals surface area contributed by atoms with Crippen LogP contribution in [0.2, 0.25) is 0 Å². The third kappa shape index (κ3) is 34.8. The zero-order chi connectivity index (χ0) is 49.7. The number of unbranched alkanes of at least 4 members (excludes halogenated alkanes) is 33. The molecule has 1 amide bonds. The topological polar surface area (TPSA) is 189 Å². The van der Waals surface area contributed by atoms with E-state index in [9.17, 15) is 40.5 Å². The molecule has 1 rings (SSSR count). The van der Waals surface area contributed by atoms with Gasteiger partial charge in [0.05, 0.1) is 25.4 Å². The number of hydrogen-bond donors (Lipinski definition) is 8. The van der Waals surface area contributed by atoms with Gasteiger partial charge in [-0.05, 0) is 57.8 Å². The lowest BCUT2D eigenvalue weighted by Gasteiger charge is -2.40. The highest BCUT2D eigenvalue weighted by molar-refractivity contribution is 5.80. The average Bonchev–Trinajstić information content (AvgIpc) is 3.34. The number of amides is 1. The van der Waals surface area contributed by atoms with E-state index in [0.29, 0.717) is 12.8 Å². The first kappa shape index (κ1) is 64.6. The van der Waals surface area contributed by atoms with E-state index in [1.807, 2.05) is 0 Å². The van der Waals surface area contributed by atoms with Crippen LogP contribution in [0.5, 0.6) is 0 Å². The second kappa shape index (κ2) is 46.6. The summed E-state index contributed by atoms with van der Waals surface area (Å²) in [6, 6.07) is -1.19. The maximum atomic E-state index is 13.1. The molecule has 402 valence electrons. The standard InChI is InChI=1S/C57H109NO10/c1-3-5-7-9-11-13-15-16-17-18-19-20-21-22-23-24-25-26-27-28-29-30-31-32-33-34-35-37-38-40-42-44-49(60)52(62)48(47-67-57-55(65)54(64)53(63)51(46-59)68-57)58-56(66)50(61)45-43-41-39-36-14-12-10-8-6-4-2/h10,12,37-38,48-55,57,59-65H,3-9,11,13-36,39-47H2,1-2H3,(H,58,66)/b12-10-,38-37+. The summed E-state index contributed by atoms with van der Waals surface area (Å²) in [6.07, 6.45) is 44.2. The minimum absolute atomic E-state index is 0.239. The number of hydrogen-bond acceptors (Lipinski definition) is 10. The van der Waals surface area contributed by atoms with Crippen LogP contribution in [0, 0.1) is 0 Å². The normalized spacial score (nSPS) is 20.6. The number of aliphatic hydroxyl groups is 7. The summed E-state index contributed by atoms with van der Waals surface area (Å²) < 4.78 is 11.1. The number of allylic oxidation sites excluding steroid dienone is 4. The van der Waals surface area contributed by atoms with Crippen LogP contribution in [0.4, 0.5) is 0 Å². The van der Waals surface area contributed by atoms with Gasteiger partial charge in [-0.1, -0.05) is 231 Å². The van der Waals surface area contributed by atoms with Gasteiger partial charge in [0.1, 0.15) is 36.6 Å². The Kier molecular flexibility index (Phi) is 44.3.